The summed E-state index contributed by atoms with van der Waals surface area (Å²) in [5.74, 6) is 1.02. The highest BCUT2D eigenvalue weighted by molar-refractivity contribution is 5.36. The van der Waals surface area contributed by atoms with Gasteiger partial charge < -0.3 is 5.32 Å². The lowest BCUT2D eigenvalue weighted by molar-refractivity contribution is 0.404. The molecule has 2 aliphatic carbocycles. The summed E-state index contributed by atoms with van der Waals surface area (Å²) in [6, 6.07) is 8.35. The van der Waals surface area contributed by atoms with Crippen LogP contribution in [-0.4, -0.2) is 6.04 Å². The Kier molecular flexibility index (Phi) is 3.93. The Morgan fingerprint density at radius 2 is 2.00 bits per heavy atom. The van der Waals surface area contributed by atoms with E-state index in [2.05, 4.69) is 37.4 Å². The van der Waals surface area contributed by atoms with Gasteiger partial charge in [0.05, 0.1) is 0 Å². The molecule has 0 heterocycles. The van der Waals surface area contributed by atoms with Gasteiger partial charge in [-0.25, -0.2) is 0 Å². The lowest BCUT2D eigenvalue weighted by Gasteiger charge is -2.23. The van der Waals surface area contributed by atoms with E-state index in [4.69, 9.17) is 0 Å². The van der Waals surface area contributed by atoms with Gasteiger partial charge in [-0.2, -0.15) is 0 Å². The highest BCUT2D eigenvalue weighted by Crippen LogP contribution is 2.34. The maximum Gasteiger partial charge on any atom is 0.0294 e. The number of hydrogen-bond acceptors (Lipinski definition) is 1. The number of rotatable bonds is 6. The molecule has 1 nitrogen and oxygen atoms in total. The second-order valence-corrected chi connectivity index (χ2v) is 6.55. The van der Waals surface area contributed by atoms with Crippen LogP contribution in [0.3, 0.4) is 0 Å². The smallest absolute Gasteiger partial charge is 0.0294 e. The minimum absolute atomic E-state index is 0.495. The average molecular weight is 257 g/mol. The van der Waals surface area contributed by atoms with Crippen molar-refractivity contribution < 1.29 is 0 Å². The van der Waals surface area contributed by atoms with Gasteiger partial charge in [-0.1, -0.05) is 38.0 Å². The summed E-state index contributed by atoms with van der Waals surface area (Å²) < 4.78 is 0. The average Bonchev–Trinajstić information content (AvgIpc) is 3.11. The quantitative estimate of drug-likeness (QED) is 0.796. The fourth-order valence-electron chi connectivity index (χ4n) is 3.42. The first-order valence-electron chi connectivity index (χ1n) is 8.14. The van der Waals surface area contributed by atoms with E-state index in [-0.39, 0.29) is 0 Å². The molecule has 2 atom stereocenters. The Morgan fingerprint density at radius 1 is 1.21 bits per heavy atom. The lowest BCUT2D eigenvalue weighted by Crippen LogP contribution is -2.31. The van der Waals surface area contributed by atoms with E-state index < -0.39 is 0 Å². The SMILES string of the molecule is CCC(CC1CC1)NC(C)c1ccc2c(c1)CCC2. The molecule has 104 valence electrons. The highest BCUT2D eigenvalue weighted by Gasteiger charge is 2.25. The summed E-state index contributed by atoms with van der Waals surface area (Å²) in [7, 11) is 0. The largest absolute Gasteiger partial charge is 0.307 e. The van der Waals surface area contributed by atoms with Crippen molar-refractivity contribution in [3.05, 3.63) is 34.9 Å². The van der Waals surface area contributed by atoms with E-state index in [1.807, 2.05) is 0 Å². The van der Waals surface area contributed by atoms with E-state index in [1.54, 1.807) is 11.1 Å². The van der Waals surface area contributed by atoms with Crippen LogP contribution in [0.1, 0.15) is 68.7 Å². The molecule has 2 unspecified atom stereocenters. The van der Waals surface area contributed by atoms with Crippen molar-refractivity contribution in [3.63, 3.8) is 0 Å². The second kappa shape index (κ2) is 5.66. The molecule has 0 radical (unpaired) electrons. The number of fused-ring (bicyclic) bond motifs is 1. The second-order valence-electron chi connectivity index (χ2n) is 6.55. The van der Waals surface area contributed by atoms with Crippen LogP contribution < -0.4 is 5.32 Å². The van der Waals surface area contributed by atoms with Crippen molar-refractivity contribution in [2.75, 3.05) is 0 Å². The minimum Gasteiger partial charge on any atom is -0.307 e. The van der Waals surface area contributed by atoms with Crippen LogP contribution in [-0.2, 0) is 12.8 Å². The van der Waals surface area contributed by atoms with Crippen LogP contribution in [0.2, 0.25) is 0 Å². The first kappa shape index (κ1) is 13.2. The molecule has 1 aromatic carbocycles. The van der Waals surface area contributed by atoms with E-state index in [0.717, 1.165) is 5.92 Å². The fourth-order valence-corrected chi connectivity index (χ4v) is 3.42. The first-order chi connectivity index (χ1) is 9.26. The number of benzene rings is 1. The molecule has 0 bridgehead atoms. The van der Waals surface area contributed by atoms with Gasteiger partial charge in [0.15, 0.2) is 0 Å². The van der Waals surface area contributed by atoms with E-state index >= 15 is 0 Å². The molecule has 2 aliphatic rings. The molecule has 1 N–H and O–H groups in total. The monoisotopic (exact) mass is 257 g/mol. The summed E-state index contributed by atoms with van der Waals surface area (Å²) >= 11 is 0. The standard InChI is InChI=1S/C18H27N/c1-3-18(11-14-7-8-14)19-13(2)16-10-9-15-5-4-6-17(15)12-16/h9-10,12-14,18-19H,3-8,11H2,1-2H3. The molecule has 0 saturated heterocycles. The van der Waals surface area contributed by atoms with Gasteiger partial charge in [0, 0.05) is 12.1 Å². The van der Waals surface area contributed by atoms with Gasteiger partial charge in [0.25, 0.3) is 0 Å². The maximum atomic E-state index is 3.85. The molecule has 1 aromatic rings. The fraction of sp³-hybridized carbons (Fsp3) is 0.667. The Morgan fingerprint density at radius 3 is 2.74 bits per heavy atom. The van der Waals surface area contributed by atoms with Crippen LogP contribution in [0, 0.1) is 5.92 Å². The lowest BCUT2D eigenvalue weighted by atomic mass is 10.00. The van der Waals surface area contributed by atoms with Crippen molar-refractivity contribution in [3.8, 4) is 0 Å². The molecule has 0 aliphatic heterocycles. The van der Waals surface area contributed by atoms with Crippen LogP contribution in [0.4, 0.5) is 0 Å². The predicted molar refractivity (Wildman–Crippen MR) is 81.4 cm³/mol. The Labute approximate surface area is 117 Å². The van der Waals surface area contributed by atoms with E-state index in [1.165, 1.54) is 50.5 Å². The van der Waals surface area contributed by atoms with Gasteiger partial charge in [0.2, 0.25) is 0 Å². The molecular formula is C18H27N. The van der Waals surface area contributed by atoms with Crippen molar-refractivity contribution >= 4 is 0 Å². The van der Waals surface area contributed by atoms with Gasteiger partial charge in [-0.3, -0.25) is 0 Å². The number of hydrogen-bond donors (Lipinski definition) is 1. The molecule has 0 spiro atoms. The molecule has 19 heavy (non-hydrogen) atoms. The van der Waals surface area contributed by atoms with Crippen molar-refractivity contribution in [1.82, 2.24) is 5.32 Å². The van der Waals surface area contributed by atoms with Crippen molar-refractivity contribution in [2.24, 2.45) is 5.92 Å². The highest BCUT2D eigenvalue weighted by atomic mass is 14.9. The Balaban J connectivity index is 1.63. The van der Waals surface area contributed by atoms with Crippen LogP contribution in [0.25, 0.3) is 0 Å². The van der Waals surface area contributed by atoms with Gasteiger partial charge in [0.1, 0.15) is 0 Å². The zero-order chi connectivity index (χ0) is 13.2. The zero-order valence-corrected chi connectivity index (χ0v) is 12.4. The normalized spacial score (nSPS) is 21.2. The zero-order valence-electron chi connectivity index (χ0n) is 12.4. The van der Waals surface area contributed by atoms with Crippen LogP contribution >= 0.6 is 0 Å². The summed E-state index contributed by atoms with van der Waals surface area (Å²) in [5, 5.41) is 3.85. The minimum atomic E-state index is 0.495. The third-order valence-corrected chi connectivity index (χ3v) is 4.92. The Hall–Kier alpha value is -0.820. The van der Waals surface area contributed by atoms with E-state index in [0.29, 0.717) is 12.1 Å². The first-order valence-corrected chi connectivity index (χ1v) is 8.14. The van der Waals surface area contributed by atoms with Crippen molar-refractivity contribution in [2.45, 2.75) is 70.9 Å². The molecule has 0 amide bonds. The molecule has 1 saturated carbocycles. The van der Waals surface area contributed by atoms with Gasteiger partial charge >= 0.3 is 0 Å². The topological polar surface area (TPSA) is 12.0 Å². The third-order valence-electron chi connectivity index (χ3n) is 4.92. The maximum absolute atomic E-state index is 3.85. The summed E-state index contributed by atoms with van der Waals surface area (Å²) in [4.78, 5) is 0. The molecule has 1 heteroatoms. The van der Waals surface area contributed by atoms with Crippen LogP contribution in [0.5, 0.6) is 0 Å². The summed E-state index contributed by atoms with van der Waals surface area (Å²) in [5.41, 5.74) is 4.66. The molecule has 1 fully saturated rings. The Bertz CT molecular complexity index is 433. The van der Waals surface area contributed by atoms with Crippen molar-refractivity contribution in [1.29, 1.82) is 0 Å². The summed E-state index contributed by atoms with van der Waals surface area (Å²) in [6.45, 7) is 4.64. The van der Waals surface area contributed by atoms with Gasteiger partial charge in [-0.15, -0.1) is 0 Å². The molecular weight excluding hydrogens is 230 g/mol. The molecule has 0 aromatic heterocycles. The van der Waals surface area contributed by atoms with E-state index in [9.17, 15) is 0 Å². The predicted octanol–water partition coefficient (Wildman–Crippen LogP) is 4.40. The van der Waals surface area contributed by atoms with Gasteiger partial charge in [-0.05, 0) is 61.6 Å². The molecule has 3 rings (SSSR count). The third kappa shape index (κ3) is 3.20. The van der Waals surface area contributed by atoms with Crippen LogP contribution in [0.15, 0.2) is 18.2 Å². The summed E-state index contributed by atoms with van der Waals surface area (Å²) in [6.07, 6.45) is 9.49. The number of aryl methyl sites for hydroxylation is 2. The number of nitrogens with one attached hydrogen (secondary N) is 1.